The van der Waals surface area contributed by atoms with Crippen LogP contribution in [0.5, 0.6) is 5.75 Å². The van der Waals surface area contributed by atoms with Crippen LogP contribution in [0, 0.1) is 5.82 Å². The zero-order valence-electron chi connectivity index (χ0n) is 7.15. The van der Waals surface area contributed by atoms with E-state index in [0.717, 1.165) is 13.2 Å². The highest BCUT2D eigenvalue weighted by atomic mass is 19.4. The minimum atomic E-state index is -4.66. The Labute approximate surface area is 77.3 Å². The van der Waals surface area contributed by atoms with Gasteiger partial charge in [-0.25, -0.2) is 4.39 Å². The molecule has 1 aromatic carbocycles. The van der Waals surface area contributed by atoms with E-state index in [1.54, 1.807) is 0 Å². The lowest BCUT2D eigenvalue weighted by atomic mass is 10.1. The van der Waals surface area contributed by atoms with Gasteiger partial charge in [0.05, 0.1) is 12.7 Å². The van der Waals surface area contributed by atoms with Crippen molar-refractivity contribution in [2.75, 3.05) is 12.8 Å². The second-order valence-electron chi connectivity index (χ2n) is 2.57. The van der Waals surface area contributed by atoms with Crippen LogP contribution in [0.25, 0.3) is 0 Å². The lowest BCUT2D eigenvalue weighted by molar-refractivity contribution is -0.137. The quantitative estimate of drug-likeness (QED) is 0.569. The van der Waals surface area contributed by atoms with Crippen molar-refractivity contribution in [2.45, 2.75) is 6.18 Å². The van der Waals surface area contributed by atoms with E-state index < -0.39 is 23.2 Å². The molecule has 0 unspecified atom stereocenters. The fourth-order valence-electron chi connectivity index (χ4n) is 0.971. The number of benzene rings is 1. The van der Waals surface area contributed by atoms with Crippen LogP contribution in [0.2, 0.25) is 0 Å². The summed E-state index contributed by atoms with van der Waals surface area (Å²) in [6, 6.07) is 1.12. The van der Waals surface area contributed by atoms with Crippen LogP contribution >= 0.6 is 0 Å². The van der Waals surface area contributed by atoms with E-state index in [0.29, 0.717) is 6.07 Å². The van der Waals surface area contributed by atoms with Gasteiger partial charge in [-0.15, -0.1) is 0 Å². The van der Waals surface area contributed by atoms with Crippen molar-refractivity contribution < 1.29 is 22.3 Å². The summed E-state index contributed by atoms with van der Waals surface area (Å²) in [6.45, 7) is 0. The van der Waals surface area contributed by atoms with Gasteiger partial charge in [-0.2, -0.15) is 13.2 Å². The summed E-state index contributed by atoms with van der Waals surface area (Å²) >= 11 is 0. The molecule has 2 N–H and O–H groups in total. The first-order valence-electron chi connectivity index (χ1n) is 3.56. The third kappa shape index (κ3) is 1.89. The van der Waals surface area contributed by atoms with E-state index in [2.05, 4.69) is 4.74 Å². The number of nitrogen functional groups attached to an aromatic ring is 1. The lowest BCUT2D eigenvalue weighted by Crippen LogP contribution is -2.09. The molecule has 14 heavy (non-hydrogen) atoms. The third-order valence-electron chi connectivity index (χ3n) is 1.63. The maximum Gasteiger partial charge on any atom is 0.418 e. The molecule has 0 saturated heterocycles. The van der Waals surface area contributed by atoms with Gasteiger partial charge >= 0.3 is 6.18 Å². The van der Waals surface area contributed by atoms with Crippen molar-refractivity contribution in [1.29, 1.82) is 0 Å². The van der Waals surface area contributed by atoms with Crippen LogP contribution in [-0.4, -0.2) is 7.11 Å². The van der Waals surface area contributed by atoms with Crippen molar-refractivity contribution in [2.24, 2.45) is 0 Å². The van der Waals surface area contributed by atoms with E-state index in [9.17, 15) is 17.6 Å². The molecule has 0 heterocycles. The molecule has 0 aliphatic rings. The number of hydrogen-bond donors (Lipinski definition) is 1. The Balaban J connectivity index is 3.29. The van der Waals surface area contributed by atoms with E-state index in [-0.39, 0.29) is 5.75 Å². The monoisotopic (exact) mass is 209 g/mol. The summed E-state index contributed by atoms with van der Waals surface area (Å²) in [7, 11) is 1.14. The Morgan fingerprint density at radius 1 is 1.29 bits per heavy atom. The topological polar surface area (TPSA) is 35.2 Å². The van der Waals surface area contributed by atoms with Crippen LogP contribution in [0.3, 0.4) is 0 Å². The molecule has 0 bridgehead atoms. The van der Waals surface area contributed by atoms with Gasteiger partial charge in [0.25, 0.3) is 0 Å². The highest BCUT2D eigenvalue weighted by molar-refractivity contribution is 5.53. The number of hydrogen-bond acceptors (Lipinski definition) is 2. The number of ether oxygens (including phenoxy) is 1. The smallest absolute Gasteiger partial charge is 0.418 e. The average Bonchev–Trinajstić information content (AvgIpc) is 2.06. The Kier molecular flexibility index (Phi) is 2.55. The van der Waals surface area contributed by atoms with Crippen molar-refractivity contribution >= 4 is 5.69 Å². The average molecular weight is 209 g/mol. The molecule has 1 aromatic rings. The molecule has 78 valence electrons. The molecule has 0 saturated carbocycles. The van der Waals surface area contributed by atoms with E-state index >= 15 is 0 Å². The Morgan fingerprint density at radius 3 is 2.29 bits per heavy atom. The minimum Gasteiger partial charge on any atom is -0.494 e. The molecule has 0 aromatic heterocycles. The summed E-state index contributed by atoms with van der Waals surface area (Å²) in [5, 5.41) is 0. The summed E-state index contributed by atoms with van der Waals surface area (Å²) in [6.07, 6.45) is -4.66. The number of methoxy groups -OCH3 is 1. The molecule has 2 nitrogen and oxygen atoms in total. The Hall–Kier alpha value is -1.46. The molecule has 1 rings (SSSR count). The number of alkyl halides is 3. The van der Waals surface area contributed by atoms with Gasteiger partial charge in [0.2, 0.25) is 0 Å². The fraction of sp³-hybridized carbons (Fsp3) is 0.250. The van der Waals surface area contributed by atoms with Crippen LogP contribution < -0.4 is 10.5 Å². The molecule has 0 atom stereocenters. The van der Waals surface area contributed by atoms with E-state index in [1.165, 1.54) is 0 Å². The Bertz CT molecular complexity index is 348. The first-order chi connectivity index (χ1) is 6.36. The SMILES string of the molecule is COc1cc(N)c(C(F)(F)F)cc1F. The standard InChI is InChI=1S/C8H7F4NO/c1-14-7-3-6(13)4(2-5(7)9)8(10,11)12/h2-3H,13H2,1H3. The van der Waals surface area contributed by atoms with Gasteiger partial charge in [-0.3, -0.25) is 0 Å². The van der Waals surface area contributed by atoms with Crippen LogP contribution in [-0.2, 0) is 6.18 Å². The highest BCUT2D eigenvalue weighted by Crippen LogP contribution is 2.36. The van der Waals surface area contributed by atoms with Crippen molar-refractivity contribution in [3.63, 3.8) is 0 Å². The van der Waals surface area contributed by atoms with Gasteiger partial charge in [0, 0.05) is 11.8 Å². The van der Waals surface area contributed by atoms with Gasteiger partial charge in [0.1, 0.15) is 0 Å². The minimum absolute atomic E-state index is 0.310. The van der Waals surface area contributed by atoms with Crippen LogP contribution in [0.15, 0.2) is 12.1 Å². The molecule has 6 heteroatoms. The van der Waals surface area contributed by atoms with Crippen molar-refractivity contribution in [1.82, 2.24) is 0 Å². The maximum atomic E-state index is 12.9. The summed E-state index contributed by atoms with van der Waals surface area (Å²) in [5.74, 6) is -1.40. The first-order valence-corrected chi connectivity index (χ1v) is 3.56. The summed E-state index contributed by atoms with van der Waals surface area (Å²) < 4.78 is 53.9. The second kappa shape index (κ2) is 3.36. The molecule has 0 fully saturated rings. The van der Waals surface area contributed by atoms with Crippen LogP contribution in [0.4, 0.5) is 23.2 Å². The first kappa shape index (κ1) is 10.6. The molecule has 0 aliphatic carbocycles. The van der Waals surface area contributed by atoms with Gasteiger partial charge in [-0.05, 0) is 6.07 Å². The second-order valence-corrected chi connectivity index (χ2v) is 2.57. The van der Waals surface area contributed by atoms with E-state index in [4.69, 9.17) is 5.73 Å². The number of anilines is 1. The van der Waals surface area contributed by atoms with Gasteiger partial charge in [0.15, 0.2) is 11.6 Å². The molecule has 0 radical (unpaired) electrons. The molecule has 0 amide bonds. The number of nitrogens with two attached hydrogens (primary N) is 1. The number of halogens is 4. The summed E-state index contributed by atoms with van der Waals surface area (Å²) in [4.78, 5) is 0. The van der Waals surface area contributed by atoms with Gasteiger partial charge in [-0.1, -0.05) is 0 Å². The third-order valence-corrected chi connectivity index (χ3v) is 1.63. The molecule has 0 aliphatic heterocycles. The maximum absolute atomic E-state index is 12.9. The normalized spacial score (nSPS) is 11.5. The zero-order chi connectivity index (χ0) is 10.9. The summed E-state index contributed by atoms with van der Waals surface area (Å²) in [5.41, 5.74) is 3.33. The van der Waals surface area contributed by atoms with Crippen molar-refractivity contribution in [3.8, 4) is 5.75 Å². The number of rotatable bonds is 1. The van der Waals surface area contributed by atoms with Crippen LogP contribution in [0.1, 0.15) is 5.56 Å². The predicted octanol–water partition coefficient (Wildman–Crippen LogP) is 2.44. The van der Waals surface area contributed by atoms with E-state index in [1.807, 2.05) is 0 Å². The Morgan fingerprint density at radius 2 is 1.86 bits per heavy atom. The molecular formula is C8H7F4NO. The zero-order valence-corrected chi connectivity index (χ0v) is 7.15. The molecular weight excluding hydrogens is 202 g/mol. The lowest BCUT2D eigenvalue weighted by Gasteiger charge is -2.11. The largest absolute Gasteiger partial charge is 0.494 e. The fourth-order valence-corrected chi connectivity index (χ4v) is 0.971. The molecule has 0 spiro atoms. The predicted molar refractivity (Wildman–Crippen MR) is 42.4 cm³/mol. The highest BCUT2D eigenvalue weighted by Gasteiger charge is 2.34. The van der Waals surface area contributed by atoms with Crippen molar-refractivity contribution in [3.05, 3.63) is 23.5 Å². The van der Waals surface area contributed by atoms with Gasteiger partial charge < -0.3 is 10.5 Å².